The number of amides is 1. The molecule has 0 radical (unpaired) electrons. The number of carbonyl (C=O) groups excluding carboxylic acids is 1. The molecule has 1 heterocycles. The fourth-order valence-corrected chi connectivity index (χ4v) is 1.45. The van der Waals surface area contributed by atoms with Crippen molar-refractivity contribution in [1.29, 1.82) is 0 Å². The van der Waals surface area contributed by atoms with E-state index < -0.39 is 0 Å². The maximum Gasteiger partial charge on any atom is 0.226 e. The minimum Gasteiger partial charge on any atom is -0.337 e. The Kier molecular flexibility index (Phi) is 3.29. The third-order valence-electron chi connectivity index (χ3n) is 2.14. The molecule has 68 valence electrons. The molecule has 1 aliphatic heterocycles. The van der Waals surface area contributed by atoms with Gasteiger partial charge in [0.05, 0.1) is 0 Å². The average Bonchev–Trinajstić information content (AvgIpc) is 2.05. The Morgan fingerprint density at radius 3 is 3.17 bits per heavy atom. The van der Waals surface area contributed by atoms with Crippen molar-refractivity contribution in [2.24, 2.45) is 0 Å². The summed E-state index contributed by atoms with van der Waals surface area (Å²) in [4.78, 5) is 13.4. The van der Waals surface area contributed by atoms with E-state index in [1.54, 1.807) is 6.08 Å². The minimum absolute atomic E-state index is 0.194. The summed E-state index contributed by atoms with van der Waals surface area (Å²) in [5, 5.41) is 3.24. The zero-order valence-electron chi connectivity index (χ0n) is 7.55. The van der Waals surface area contributed by atoms with Crippen LogP contribution in [0.4, 0.5) is 0 Å². The van der Waals surface area contributed by atoms with Crippen LogP contribution in [0.1, 0.15) is 13.3 Å². The molecule has 0 aromatic heterocycles. The van der Waals surface area contributed by atoms with Crippen molar-refractivity contribution in [3.8, 4) is 0 Å². The van der Waals surface area contributed by atoms with Crippen molar-refractivity contribution in [1.82, 2.24) is 10.2 Å². The summed E-state index contributed by atoms with van der Waals surface area (Å²) >= 11 is 0. The molecular formula is C9H16N2O. The molecule has 0 bridgehead atoms. The molecule has 0 spiro atoms. The first kappa shape index (κ1) is 9.26. The maximum absolute atomic E-state index is 11.4. The van der Waals surface area contributed by atoms with Crippen LogP contribution in [0.2, 0.25) is 0 Å². The van der Waals surface area contributed by atoms with Crippen LogP contribution in [0.3, 0.4) is 0 Å². The number of hydrogen-bond donors (Lipinski definition) is 1. The van der Waals surface area contributed by atoms with Crippen LogP contribution < -0.4 is 5.32 Å². The van der Waals surface area contributed by atoms with Gasteiger partial charge in [0.1, 0.15) is 0 Å². The molecule has 3 nitrogen and oxygen atoms in total. The third-order valence-corrected chi connectivity index (χ3v) is 2.14. The van der Waals surface area contributed by atoms with E-state index in [2.05, 4.69) is 18.8 Å². The number of carbonyl (C=O) groups is 1. The standard InChI is InChI=1S/C9H16N2O/c1-3-4-9(12)11-6-5-10-7-8(11)2/h3,8,10H,1,4-7H2,2H3. The van der Waals surface area contributed by atoms with Crippen molar-refractivity contribution < 1.29 is 4.79 Å². The number of hydrogen-bond acceptors (Lipinski definition) is 2. The van der Waals surface area contributed by atoms with Crippen molar-refractivity contribution in [3.63, 3.8) is 0 Å². The molecule has 0 saturated carbocycles. The summed E-state index contributed by atoms with van der Waals surface area (Å²) in [5.74, 6) is 0.194. The van der Waals surface area contributed by atoms with E-state index in [0.717, 1.165) is 19.6 Å². The lowest BCUT2D eigenvalue weighted by molar-refractivity contribution is -0.132. The molecule has 1 N–H and O–H groups in total. The molecule has 1 rings (SSSR count). The van der Waals surface area contributed by atoms with E-state index in [1.807, 2.05) is 4.90 Å². The van der Waals surface area contributed by atoms with E-state index in [4.69, 9.17) is 0 Å². The third kappa shape index (κ3) is 2.08. The highest BCUT2D eigenvalue weighted by Gasteiger charge is 2.21. The Morgan fingerprint density at radius 1 is 1.83 bits per heavy atom. The highest BCUT2D eigenvalue weighted by atomic mass is 16.2. The number of piperazine rings is 1. The highest BCUT2D eigenvalue weighted by molar-refractivity contribution is 5.78. The number of rotatable bonds is 2. The van der Waals surface area contributed by atoms with Gasteiger partial charge in [-0.3, -0.25) is 4.79 Å². The van der Waals surface area contributed by atoms with Crippen LogP contribution in [0.5, 0.6) is 0 Å². The Labute approximate surface area is 73.4 Å². The van der Waals surface area contributed by atoms with E-state index in [-0.39, 0.29) is 5.91 Å². The zero-order valence-corrected chi connectivity index (χ0v) is 7.55. The molecular weight excluding hydrogens is 152 g/mol. The molecule has 1 atom stereocenters. The predicted molar refractivity (Wildman–Crippen MR) is 48.9 cm³/mol. The van der Waals surface area contributed by atoms with Gasteiger partial charge in [0.25, 0.3) is 0 Å². The van der Waals surface area contributed by atoms with Gasteiger partial charge in [-0.05, 0) is 6.92 Å². The molecule has 1 saturated heterocycles. The molecule has 0 aromatic carbocycles. The first-order chi connectivity index (χ1) is 5.75. The highest BCUT2D eigenvalue weighted by Crippen LogP contribution is 2.04. The van der Waals surface area contributed by atoms with Gasteiger partial charge in [-0.1, -0.05) is 6.08 Å². The predicted octanol–water partition coefficient (Wildman–Crippen LogP) is 0.383. The quantitative estimate of drug-likeness (QED) is 0.605. The van der Waals surface area contributed by atoms with Crippen LogP contribution in [0, 0.1) is 0 Å². The van der Waals surface area contributed by atoms with Gasteiger partial charge in [-0.2, -0.15) is 0 Å². The van der Waals surface area contributed by atoms with Gasteiger partial charge in [0.2, 0.25) is 5.91 Å². The van der Waals surface area contributed by atoms with Crippen LogP contribution in [0.15, 0.2) is 12.7 Å². The van der Waals surface area contributed by atoms with E-state index in [1.165, 1.54) is 0 Å². The molecule has 1 fully saturated rings. The smallest absolute Gasteiger partial charge is 0.226 e. The van der Waals surface area contributed by atoms with Crippen molar-refractivity contribution in [3.05, 3.63) is 12.7 Å². The number of nitrogens with one attached hydrogen (secondary N) is 1. The molecule has 0 aromatic rings. The van der Waals surface area contributed by atoms with Crippen molar-refractivity contribution >= 4 is 5.91 Å². The van der Waals surface area contributed by atoms with E-state index in [9.17, 15) is 4.79 Å². The fourth-order valence-electron chi connectivity index (χ4n) is 1.45. The van der Waals surface area contributed by atoms with Gasteiger partial charge >= 0.3 is 0 Å². The largest absolute Gasteiger partial charge is 0.337 e. The first-order valence-electron chi connectivity index (χ1n) is 4.36. The Balaban J connectivity index is 2.47. The molecule has 1 unspecified atom stereocenters. The molecule has 1 aliphatic rings. The Morgan fingerprint density at radius 2 is 2.58 bits per heavy atom. The Hall–Kier alpha value is -0.830. The van der Waals surface area contributed by atoms with Crippen molar-refractivity contribution in [2.75, 3.05) is 19.6 Å². The molecule has 12 heavy (non-hydrogen) atoms. The minimum atomic E-state index is 0.194. The monoisotopic (exact) mass is 168 g/mol. The van der Waals surface area contributed by atoms with E-state index in [0.29, 0.717) is 12.5 Å². The van der Waals surface area contributed by atoms with Gasteiger partial charge < -0.3 is 10.2 Å². The lowest BCUT2D eigenvalue weighted by Crippen LogP contribution is -2.52. The van der Waals surface area contributed by atoms with E-state index >= 15 is 0 Å². The zero-order chi connectivity index (χ0) is 8.97. The van der Waals surface area contributed by atoms with Crippen LogP contribution in [-0.2, 0) is 4.79 Å². The van der Waals surface area contributed by atoms with Crippen LogP contribution >= 0.6 is 0 Å². The van der Waals surface area contributed by atoms with Gasteiger partial charge in [-0.25, -0.2) is 0 Å². The SMILES string of the molecule is C=CCC(=O)N1CCNCC1C. The second-order valence-corrected chi connectivity index (χ2v) is 3.13. The van der Waals surface area contributed by atoms with Crippen LogP contribution in [-0.4, -0.2) is 36.5 Å². The summed E-state index contributed by atoms with van der Waals surface area (Å²) in [6.07, 6.45) is 2.13. The lowest BCUT2D eigenvalue weighted by Gasteiger charge is -2.33. The molecule has 3 heteroatoms. The van der Waals surface area contributed by atoms with Crippen molar-refractivity contribution in [2.45, 2.75) is 19.4 Å². The summed E-state index contributed by atoms with van der Waals surface area (Å²) < 4.78 is 0. The normalized spacial score (nSPS) is 23.8. The van der Waals surface area contributed by atoms with Gasteiger partial charge in [0, 0.05) is 32.1 Å². The molecule has 1 amide bonds. The summed E-state index contributed by atoms with van der Waals surface area (Å²) in [6, 6.07) is 0.325. The number of nitrogens with zero attached hydrogens (tertiary/aromatic N) is 1. The summed E-state index contributed by atoms with van der Waals surface area (Å²) in [7, 11) is 0. The van der Waals surface area contributed by atoms with Gasteiger partial charge in [0.15, 0.2) is 0 Å². The lowest BCUT2D eigenvalue weighted by atomic mass is 10.2. The fraction of sp³-hybridized carbons (Fsp3) is 0.667. The second kappa shape index (κ2) is 4.26. The summed E-state index contributed by atoms with van der Waals surface area (Å²) in [6.45, 7) is 8.26. The second-order valence-electron chi connectivity index (χ2n) is 3.13. The average molecular weight is 168 g/mol. The Bertz CT molecular complexity index is 179. The van der Waals surface area contributed by atoms with Crippen LogP contribution in [0.25, 0.3) is 0 Å². The topological polar surface area (TPSA) is 32.3 Å². The molecule has 0 aliphatic carbocycles. The summed E-state index contributed by atoms with van der Waals surface area (Å²) in [5.41, 5.74) is 0. The van der Waals surface area contributed by atoms with Gasteiger partial charge in [-0.15, -0.1) is 6.58 Å². The maximum atomic E-state index is 11.4. The first-order valence-corrected chi connectivity index (χ1v) is 4.36.